The van der Waals surface area contributed by atoms with Crippen molar-refractivity contribution in [1.29, 1.82) is 5.26 Å². The number of carbonyl (C=O) groups is 1. The quantitative estimate of drug-likeness (QED) is 0.648. The first-order chi connectivity index (χ1) is 14.6. The fourth-order valence-electron chi connectivity index (χ4n) is 3.67. The van der Waals surface area contributed by atoms with Crippen LogP contribution in [0.5, 0.6) is 0 Å². The summed E-state index contributed by atoms with van der Waals surface area (Å²) < 4.78 is 11.1. The molecule has 0 aliphatic carbocycles. The highest BCUT2D eigenvalue weighted by atomic mass is 16.5. The van der Waals surface area contributed by atoms with Gasteiger partial charge >= 0.3 is 5.97 Å². The summed E-state index contributed by atoms with van der Waals surface area (Å²) in [5.74, 6) is -0.845. The van der Waals surface area contributed by atoms with Crippen LogP contribution in [0.1, 0.15) is 24.0 Å². The van der Waals surface area contributed by atoms with E-state index in [1.165, 1.54) is 0 Å². The second-order valence-corrected chi connectivity index (χ2v) is 7.06. The topological polar surface area (TPSA) is 85.3 Å². The molecule has 0 bridgehead atoms. The molecular weight excluding hydrogens is 376 g/mol. The number of hydrogen-bond donors (Lipinski definition) is 1. The Kier molecular flexibility index (Phi) is 5.23. The van der Waals surface area contributed by atoms with Crippen LogP contribution in [-0.2, 0) is 20.9 Å². The molecule has 0 fully saturated rings. The first kappa shape index (κ1) is 19.3. The molecule has 5 nitrogen and oxygen atoms in total. The molecule has 1 unspecified atom stereocenters. The molecule has 3 aromatic carbocycles. The zero-order valence-corrected chi connectivity index (χ0v) is 16.5. The number of allylic oxidation sites excluding steroid dienone is 2. The maximum atomic E-state index is 13.1. The van der Waals surface area contributed by atoms with Crippen LogP contribution in [0, 0.1) is 11.3 Å². The second kappa shape index (κ2) is 8.14. The van der Waals surface area contributed by atoms with E-state index in [0.29, 0.717) is 5.76 Å². The normalized spacial score (nSPS) is 16.2. The van der Waals surface area contributed by atoms with E-state index in [0.717, 1.165) is 21.9 Å². The van der Waals surface area contributed by atoms with E-state index in [-0.39, 0.29) is 23.6 Å². The van der Waals surface area contributed by atoms with Gasteiger partial charge in [0.25, 0.3) is 0 Å². The smallest absolute Gasteiger partial charge is 0.338 e. The van der Waals surface area contributed by atoms with Gasteiger partial charge in [0, 0.05) is 0 Å². The predicted molar refractivity (Wildman–Crippen MR) is 114 cm³/mol. The molecule has 0 radical (unpaired) electrons. The number of nitrogens with two attached hydrogens (primary N) is 1. The van der Waals surface area contributed by atoms with Crippen molar-refractivity contribution in [2.45, 2.75) is 19.4 Å². The summed E-state index contributed by atoms with van der Waals surface area (Å²) in [5, 5.41) is 11.8. The Morgan fingerprint density at radius 1 is 1.07 bits per heavy atom. The van der Waals surface area contributed by atoms with Crippen LogP contribution < -0.4 is 5.73 Å². The van der Waals surface area contributed by atoms with Gasteiger partial charge < -0.3 is 15.2 Å². The van der Waals surface area contributed by atoms with Crippen LogP contribution in [0.2, 0.25) is 0 Å². The Morgan fingerprint density at radius 3 is 2.50 bits per heavy atom. The molecule has 2 N–H and O–H groups in total. The Balaban J connectivity index is 1.73. The summed E-state index contributed by atoms with van der Waals surface area (Å²) in [6, 6.07) is 25.3. The van der Waals surface area contributed by atoms with Gasteiger partial charge in [0.15, 0.2) is 0 Å². The SMILES string of the molecule is CC1=C(C(=O)OCc2ccccc2)C(c2ccc3ccccc3c2)C(C#N)=C(N)O1. The van der Waals surface area contributed by atoms with Gasteiger partial charge in [-0.25, -0.2) is 4.79 Å². The first-order valence-electron chi connectivity index (χ1n) is 9.56. The van der Waals surface area contributed by atoms with Crippen molar-refractivity contribution in [2.75, 3.05) is 0 Å². The molecule has 1 aliphatic heterocycles. The Morgan fingerprint density at radius 2 is 1.77 bits per heavy atom. The van der Waals surface area contributed by atoms with Gasteiger partial charge in [0.05, 0.1) is 11.5 Å². The summed E-state index contributed by atoms with van der Waals surface area (Å²) in [6.07, 6.45) is 0. The third-order valence-electron chi connectivity index (χ3n) is 5.15. The molecule has 1 heterocycles. The lowest BCUT2D eigenvalue weighted by atomic mass is 9.82. The summed E-state index contributed by atoms with van der Waals surface area (Å²) in [6.45, 7) is 1.79. The minimum absolute atomic E-state index is 0.00719. The van der Waals surface area contributed by atoms with E-state index in [1.54, 1.807) is 6.92 Å². The van der Waals surface area contributed by atoms with Crippen molar-refractivity contribution >= 4 is 16.7 Å². The largest absolute Gasteiger partial charge is 0.457 e. The Hall–Kier alpha value is -4.04. The van der Waals surface area contributed by atoms with Crippen LogP contribution in [0.25, 0.3) is 10.8 Å². The van der Waals surface area contributed by atoms with E-state index in [1.807, 2.05) is 72.8 Å². The van der Waals surface area contributed by atoms with Crippen LogP contribution in [-0.4, -0.2) is 5.97 Å². The van der Waals surface area contributed by atoms with Crippen molar-refractivity contribution < 1.29 is 14.3 Å². The van der Waals surface area contributed by atoms with Crippen molar-refractivity contribution in [3.8, 4) is 6.07 Å². The molecule has 4 rings (SSSR count). The van der Waals surface area contributed by atoms with Crippen molar-refractivity contribution in [1.82, 2.24) is 0 Å². The van der Waals surface area contributed by atoms with Gasteiger partial charge in [0.1, 0.15) is 24.0 Å². The third-order valence-corrected chi connectivity index (χ3v) is 5.15. The second-order valence-electron chi connectivity index (χ2n) is 7.06. The average Bonchev–Trinajstić information content (AvgIpc) is 2.77. The number of carbonyl (C=O) groups excluding carboxylic acids is 1. The summed E-state index contributed by atoms with van der Waals surface area (Å²) in [7, 11) is 0. The molecule has 148 valence electrons. The summed E-state index contributed by atoms with van der Waals surface area (Å²) in [4.78, 5) is 13.1. The van der Waals surface area contributed by atoms with Gasteiger partial charge in [0.2, 0.25) is 5.88 Å². The minimum Gasteiger partial charge on any atom is -0.457 e. The number of rotatable bonds is 4. The number of esters is 1. The lowest BCUT2D eigenvalue weighted by molar-refractivity contribution is -0.140. The fourth-order valence-corrected chi connectivity index (χ4v) is 3.67. The monoisotopic (exact) mass is 396 g/mol. The highest BCUT2D eigenvalue weighted by Gasteiger charge is 2.36. The molecule has 0 saturated carbocycles. The zero-order valence-electron chi connectivity index (χ0n) is 16.5. The van der Waals surface area contributed by atoms with Gasteiger partial charge in [-0.2, -0.15) is 5.26 Å². The first-order valence-corrected chi connectivity index (χ1v) is 9.56. The Labute approximate surface area is 174 Å². The van der Waals surface area contributed by atoms with E-state index in [9.17, 15) is 10.1 Å². The van der Waals surface area contributed by atoms with E-state index in [2.05, 4.69) is 6.07 Å². The maximum Gasteiger partial charge on any atom is 0.338 e. The zero-order chi connectivity index (χ0) is 21.1. The molecule has 30 heavy (non-hydrogen) atoms. The Bertz CT molecular complexity index is 1220. The number of fused-ring (bicyclic) bond motifs is 1. The van der Waals surface area contributed by atoms with Crippen molar-refractivity contribution in [3.63, 3.8) is 0 Å². The number of ether oxygens (including phenoxy) is 2. The predicted octanol–water partition coefficient (Wildman–Crippen LogP) is 4.66. The number of benzene rings is 3. The van der Waals surface area contributed by atoms with Crippen molar-refractivity contribution in [2.24, 2.45) is 5.73 Å². The van der Waals surface area contributed by atoms with Crippen molar-refractivity contribution in [3.05, 3.63) is 107 Å². The molecule has 1 aliphatic rings. The molecule has 3 aromatic rings. The lowest BCUT2D eigenvalue weighted by Gasteiger charge is -2.27. The molecule has 1 atom stereocenters. The minimum atomic E-state index is -0.656. The molecule has 5 heteroatoms. The van der Waals surface area contributed by atoms with E-state index in [4.69, 9.17) is 15.2 Å². The summed E-state index contributed by atoms with van der Waals surface area (Å²) >= 11 is 0. The standard InChI is InChI=1S/C25H20N2O3/c1-16-22(25(28)29-15-17-7-3-2-4-8-17)23(21(14-26)24(27)30-16)20-12-11-18-9-5-6-10-19(18)13-20/h2-13,23H,15,27H2,1H3. The van der Waals surface area contributed by atoms with Crippen LogP contribution in [0.4, 0.5) is 0 Å². The average molecular weight is 396 g/mol. The van der Waals surface area contributed by atoms with E-state index < -0.39 is 11.9 Å². The molecule has 0 saturated heterocycles. The lowest BCUT2D eigenvalue weighted by Crippen LogP contribution is -2.25. The maximum absolute atomic E-state index is 13.1. The fraction of sp³-hybridized carbons (Fsp3) is 0.120. The van der Waals surface area contributed by atoms with Gasteiger partial charge in [-0.3, -0.25) is 0 Å². The van der Waals surface area contributed by atoms with Crippen LogP contribution in [0.15, 0.2) is 95.6 Å². The van der Waals surface area contributed by atoms with Gasteiger partial charge in [-0.05, 0) is 28.8 Å². The number of nitriles is 1. The molecule has 0 spiro atoms. The highest BCUT2D eigenvalue weighted by Crippen LogP contribution is 2.40. The molecular formula is C25H20N2O3. The highest BCUT2D eigenvalue weighted by molar-refractivity contribution is 5.93. The number of nitrogens with zero attached hydrogens (tertiary/aromatic N) is 1. The van der Waals surface area contributed by atoms with Gasteiger partial charge in [-0.15, -0.1) is 0 Å². The summed E-state index contributed by atoms with van der Waals surface area (Å²) in [5.41, 5.74) is 8.13. The van der Waals surface area contributed by atoms with Crippen LogP contribution in [0.3, 0.4) is 0 Å². The molecule has 0 amide bonds. The van der Waals surface area contributed by atoms with E-state index >= 15 is 0 Å². The van der Waals surface area contributed by atoms with Gasteiger partial charge in [-0.1, -0.05) is 72.8 Å². The van der Waals surface area contributed by atoms with Crippen LogP contribution >= 0.6 is 0 Å². The third kappa shape index (κ3) is 3.63. The molecule has 0 aromatic heterocycles. The number of hydrogen-bond acceptors (Lipinski definition) is 5.